The third-order valence-corrected chi connectivity index (χ3v) is 7.52. The highest BCUT2D eigenvalue weighted by Gasteiger charge is 2.20. The Morgan fingerprint density at radius 1 is 0.724 bits per heavy atom. The Morgan fingerprint density at radius 2 is 1.21 bits per heavy atom. The molecular formula is C22H16Cl4NOP. The summed E-state index contributed by atoms with van der Waals surface area (Å²) in [6, 6.07) is 23.5. The molecule has 3 aromatic rings. The maximum atomic E-state index is 13.8. The first-order valence-electron chi connectivity index (χ1n) is 8.57. The molecule has 2 nitrogen and oxygen atoms in total. The van der Waals surface area contributed by atoms with Gasteiger partial charge < -0.3 is 5.09 Å². The maximum Gasteiger partial charge on any atom is 0.216 e. The molecule has 0 heterocycles. The van der Waals surface area contributed by atoms with Crippen LogP contribution in [0.5, 0.6) is 0 Å². The molecule has 7 heteroatoms. The first-order valence-corrected chi connectivity index (χ1v) is 11.9. The summed E-state index contributed by atoms with van der Waals surface area (Å²) in [5.41, 5.74) is 2.02. The minimum Gasteiger partial charge on any atom is -0.330 e. The average molecular weight is 483 g/mol. The summed E-state index contributed by atoms with van der Waals surface area (Å²) in [5.74, 6) is 2.97. The van der Waals surface area contributed by atoms with Crippen molar-refractivity contribution in [2.45, 2.75) is 0 Å². The van der Waals surface area contributed by atoms with Gasteiger partial charge in [-0.15, -0.1) is 0 Å². The van der Waals surface area contributed by atoms with Crippen molar-refractivity contribution in [1.82, 2.24) is 0 Å². The topological polar surface area (TPSA) is 29.1 Å². The summed E-state index contributed by atoms with van der Waals surface area (Å²) in [6.45, 7) is 0. The van der Waals surface area contributed by atoms with Crippen molar-refractivity contribution in [3.63, 3.8) is 0 Å². The van der Waals surface area contributed by atoms with Gasteiger partial charge in [0.1, 0.15) is 0 Å². The minimum absolute atomic E-state index is 0.343. The van der Waals surface area contributed by atoms with Crippen LogP contribution in [-0.4, -0.2) is 0 Å². The van der Waals surface area contributed by atoms with Gasteiger partial charge in [-0.05, 0) is 29.3 Å². The molecule has 0 aliphatic rings. The zero-order valence-corrected chi connectivity index (χ0v) is 18.9. The highest BCUT2D eigenvalue weighted by Crippen LogP contribution is 2.53. The number of halogens is 4. The Labute approximate surface area is 190 Å². The fourth-order valence-electron chi connectivity index (χ4n) is 2.55. The summed E-state index contributed by atoms with van der Waals surface area (Å²) in [5, 5.41) is 4.45. The van der Waals surface area contributed by atoms with Crippen molar-refractivity contribution in [3.05, 3.63) is 112 Å². The Balaban J connectivity index is 2.05. The zero-order valence-electron chi connectivity index (χ0n) is 15.0. The second-order valence-corrected chi connectivity index (χ2v) is 9.92. The van der Waals surface area contributed by atoms with E-state index in [1.165, 1.54) is 11.6 Å². The SMILES string of the molecule is O=P(/C=C(\Cl)c1ccccc1)(/C=C(/Cl)c1ccccc1)Nc1ccc(Cl)c(Cl)c1. The van der Waals surface area contributed by atoms with Crippen LogP contribution in [0.1, 0.15) is 11.1 Å². The highest BCUT2D eigenvalue weighted by atomic mass is 35.5. The molecule has 3 rings (SSSR count). The number of rotatable bonds is 6. The average Bonchev–Trinajstić information content (AvgIpc) is 2.72. The monoisotopic (exact) mass is 481 g/mol. The van der Waals surface area contributed by atoms with Gasteiger partial charge >= 0.3 is 0 Å². The largest absolute Gasteiger partial charge is 0.330 e. The predicted octanol–water partition coefficient (Wildman–Crippen LogP) is 9.16. The van der Waals surface area contributed by atoms with E-state index in [-0.39, 0.29) is 0 Å². The van der Waals surface area contributed by atoms with Crippen LogP contribution >= 0.6 is 53.7 Å². The quantitative estimate of drug-likeness (QED) is 0.355. The van der Waals surface area contributed by atoms with Crippen LogP contribution in [0.2, 0.25) is 10.0 Å². The number of benzene rings is 3. The lowest BCUT2D eigenvalue weighted by atomic mass is 10.2. The Hall–Kier alpha value is -1.67. The third kappa shape index (κ3) is 6.15. The van der Waals surface area contributed by atoms with E-state index >= 15 is 0 Å². The Bertz CT molecular complexity index is 1040. The van der Waals surface area contributed by atoms with E-state index in [1.807, 2.05) is 60.7 Å². The summed E-state index contributed by atoms with van der Waals surface area (Å²) in [7, 11) is -3.36. The molecule has 148 valence electrons. The molecule has 3 aromatic carbocycles. The van der Waals surface area contributed by atoms with Gasteiger partial charge in [0.05, 0.1) is 20.1 Å². The van der Waals surface area contributed by atoms with Crippen molar-refractivity contribution < 1.29 is 4.57 Å². The van der Waals surface area contributed by atoms with Crippen molar-refractivity contribution in [2.24, 2.45) is 0 Å². The van der Waals surface area contributed by atoms with Crippen LogP contribution in [-0.2, 0) is 4.57 Å². The summed E-state index contributed by atoms with van der Waals surface area (Å²) >= 11 is 25.0. The molecule has 29 heavy (non-hydrogen) atoms. The minimum atomic E-state index is -3.36. The maximum absolute atomic E-state index is 13.8. The molecule has 1 N–H and O–H groups in total. The van der Waals surface area contributed by atoms with Crippen LogP contribution in [0, 0.1) is 0 Å². The normalized spacial score (nSPS) is 14.3. The molecule has 0 spiro atoms. The standard InChI is InChI=1S/C22H16Cl4NOP/c23-19-12-11-18(13-20(19)24)27-29(28,14-21(25)16-7-3-1-4-8-16)15-22(26)17-9-5-2-6-10-17/h1-15H,(H,27,28)/b21-14-,22-15+. The molecule has 0 radical (unpaired) electrons. The van der Waals surface area contributed by atoms with E-state index in [0.717, 1.165) is 11.1 Å². The van der Waals surface area contributed by atoms with Gasteiger partial charge in [-0.25, -0.2) is 0 Å². The molecule has 0 aliphatic carbocycles. The summed E-state index contributed by atoms with van der Waals surface area (Å²) in [4.78, 5) is 0. The van der Waals surface area contributed by atoms with E-state index in [0.29, 0.717) is 25.8 Å². The van der Waals surface area contributed by atoms with Crippen molar-refractivity contribution in [2.75, 3.05) is 5.09 Å². The van der Waals surface area contributed by atoms with E-state index in [1.54, 1.807) is 18.2 Å². The van der Waals surface area contributed by atoms with E-state index < -0.39 is 7.29 Å². The number of hydrogen-bond donors (Lipinski definition) is 1. The van der Waals surface area contributed by atoms with Gasteiger partial charge in [-0.3, -0.25) is 4.57 Å². The Morgan fingerprint density at radius 3 is 1.66 bits per heavy atom. The predicted molar refractivity (Wildman–Crippen MR) is 128 cm³/mol. The van der Waals surface area contributed by atoms with Crippen LogP contribution in [0.4, 0.5) is 5.69 Å². The van der Waals surface area contributed by atoms with Gasteiger partial charge in [0.2, 0.25) is 7.29 Å². The zero-order chi connectivity index (χ0) is 20.9. The summed E-state index contributed by atoms with van der Waals surface area (Å²) < 4.78 is 13.8. The van der Waals surface area contributed by atoms with E-state index in [4.69, 9.17) is 46.4 Å². The molecular weight excluding hydrogens is 467 g/mol. The van der Waals surface area contributed by atoms with Crippen LogP contribution in [0.25, 0.3) is 10.1 Å². The van der Waals surface area contributed by atoms with Crippen LogP contribution in [0.15, 0.2) is 90.5 Å². The molecule has 0 bridgehead atoms. The summed E-state index contributed by atoms with van der Waals surface area (Å²) in [6.07, 6.45) is 0. The van der Waals surface area contributed by atoms with Gasteiger partial charge in [0.15, 0.2) is 0 Å². The van der Waals surface area contributed by atoms with Gasteiger partial charge in [0.25, 0.3) is 0 Å². The van der Waals surface area contributed by atoms with Crippen molar-refractivity contribution >= 4 is 69.4 Å². The molecule has 0 aromatic heterocycles. The smallest absolute Gasteiger partial charge is 0.216 e. The van der Waals surface area contributed by atoms with E-state index in [2.05, 4.69) is 5.09 Å². The molecule has 0 amide bonds. The van der Waals surface area contributed by atoms with Gasteiger partial charge in [-0.1, -0.05) is 107 Å². The fourth-order valence-corrected chi connectivity index (χ4v) is 5.69. The fraction of sp³-hybridized carbons (Fsp3) is 0. The lowest BCUT2D eigenvalue weighted by Gasteiger charge is -2.16. The molecule has 1 unspecified atom stereocenters. The van der Waals surface area contributed by atoms with E-state index in [9.17, 15) is 4.57 Å². The Kier molecular flexibility index (Phi) is 7.51. The molecule has 1 atom stereocenters. The molecule has 0 saturated carbocycles. The second kappa shape index (κ2) is 9.89. The first-order chi connectivity index (χ1) is 13.9. The van der Waals surface area contributed by atoms with Crippen LogP contribution in [0.3, 0.4) is 0 Å². The van der Waals surface area contributed by atoms with Crippen molar-refractivity contribution in [1.29, 1.82) is 0 Å². The molecule has 0 saturated heterocycles. The third-order valence-electron chi connectivity index (χ3n) is 3.93. The number of anilines is 1. The van der Waals surface area contributed by atoms with Gasteiger partial charge in [-0.2, -0.15) is 0 Å². The molecule has 0 fully saturated rings. The first kappa shape index (κ1) is 22.0. The number of nitrogens with one attached hydrogen (secondary N) is 1. The second-order valence-electron chi connectivity index (χ2n) is 6.14. The number of hydrogen-bond acceptors (Lipinski definition) is 1. The lowest BCUT2D eigenvalue weighted by Crippen LogP contribution is -1.94. The van der Waals surface area contributed by atoms with Crippen LogP contribution < -0.4 is 5.09 Å². The van der Waals surface area contributed by atoms with Gasteiger partial charge in [0, 0.05) is 17.3 Å². The highest BCUT2D eigenvalue weighted by molar-refractivity contribution is 7.72. The lowest BCUT2D eigenvalue weighted by molar-refractivity contribution is 0.589. The van der Waals surface area contributed by atoms with Crippen molar-refractivity contribution in [3.8, 4) is 0 Å². The molecule has 0 aliphatic heterocycles.